The first-order chi connectivity index (χ1) is 12.3. The Labute approximate surface area is 153 Å². The number of nitrogens with zero attached hydrogens (tertiary/aromatic N) is 1. The molecule has 0 saturated carbocycles. The highest BCUT2D eigenvalue weighted by atomic mass is 16.5. The van der Waals surface area contributed by atoms with Crippen molar-refractivity contribution in [1.29, 1.82) is 0 Å². The van der Waals surface area contributed by atoms with Crippen molar-refractivity contribution in [2.45, 2.75) is 13.8 Å². The van der Waals surface area contributed by atoms with Gasteiger partial charge in [0, 0.05) is 11.8 Å². The molecule has 7 nitrogen and oxygen atoms in total. The number of carbonyl (C=O) groups excluding carboxylic acids is 3. The Hall–Kier alpha value is -2.83. The number of hydrogen-bond acceptors (Lipinski definition) is 7. The fraction of sp³-hybridized carbons (Fsp3) is 0.421. The fourth-order valence-electron chi connectivity index (χ4n) is 1.97. The molecule has 0 N–H and O–H groups in total. The predicted molar refractivity (Wildman–Crippen MR) is 97.5 cm³/mol. The van der Waals surface area contributed by atoms with Crippen LogP contribution in [0.5, 0.6) is 0 Å². The van der Waals surface area contributed by atoms with Gasteiger partial charge in [-0.2, -0.15) is 0 Å². The van der Waals surface area contributed by atoms with Crippen LogP contribution < -0.4 is 4.90 Å². The summed E-state index contributed by atoms with van der Waals surface area (Å²) in [6.45, 7) is 4.06. The SMILES string of the molecule is COC(=O)CN(CC(=O)OC)c1cccc(/C=C/C(=O)OCC(C)C)c1. The minimum absolute atomic E-state index is 0.102. The van der Waals surface area contributed by atoms with Gasteiger partial charge in [0.25, 0.3) is 0 Å². The number of carbonyl (C=O) groups is 3. The van der Waals surface area contributed by atoms with Crippen LogP contribution in [0, 0.1) is 5.92 Å². The summed E-state index contributed by atoms with van der Waals surface area (Å²) in [6.07, 6.45) is 2.95. The van der Waals surface area contributed by atoms with Crippen molar-refractivity contribution in [2.24, 2.45) is 5.92 Å². The van der Waals surface area contributed by atoms with Crippen LogP contribution in [0.2, 0.25) is 0 Å². The van der Waals surface area contributed by atoms with Gasteiger partial charge in [0.2, 0.25) is 0 Å². The number of ether oxygens (including phenoxy) is 3. The van der Waals surface area contributed by atoms with Gasteiger partial charge in [0.05, 0.1) is 20.8 Å². The largest absolute Gasteiger partial charge is 0.468 e. The van der Waals surface area contributed by atoms with Gasteiger partial charge < -0.3 is 19.1 Å². The third kappa shape index (κ3) is 7.83. The standard InChI is InChI=1S/C19H25NO6/c1-14(2)13-26-17(21)9-8-15-6-5-7-16(10-15)20(11-18(22)24-3)12-19(23)25-4/h5-10,14H,11-13H2,1-4H3/b9-8+. The third-order valence-electron chi connectivity index (χ3n) is 3.30. The predicted octanol–water partition coefficient (Wildman–Crippen LogP) is 2.05. The quantitative estimate of drug-likeness (QED) is 0.377. The maximum Gasteiger partial charge on any atom is 0.330 e. The van der Waals surface area contributed by atoms with Gasteiger partial charge in [-0.05, 0) is 29.7 Å². The highest BCUT2D eigenvalue weighted by molar-refractivity contribution is 5.87. The second-order valence-corrected chi connectivity index (χ2v) is 5.96. The number of esters is 3. The van der Waals surface area contributed by atoms with Crippen LogP contribution in [0.3, 0.4) is 0 Å². The smallest absolute Gasteiger partial charge is 0.330 e. The van der Waals surface area contributed by atoms with Gasteiger partial charge >= 0.3 is 17.9 Å². The van der Waals surface area contributed by atoms with Crippen molar-refractivity contribution in [3.8, 4) is 0 Å². The Morgan fingerprint density at radius 2 is 1.69 bits per heavy atom. The molecule has 1 aromatic carbocycles. The molecule has 7 heteroatoms. The zero-order chi connectivity index (χ0) is 19.5. The second-order valence-electron chi connectivity index (χ2n) is 5.96. The van der Waals surface area contributed by atoms with Gasteiger partial charge in [0.15, 0.2) is 0 Å². The van der Waals surface area contributed by atoms with Crippen LogP contribution in [0.25, 0.3) is 6.08 Å². The van der Waals surface area contributed by atoms with E-state index in [1.54, 1.807) is 30.3 Å². The van der Waals surface area contributed by atoms with Crippen LogP contribution in [0.4, 0.5) is 5.69 Å². The van der Waals surface area contributed by atoms with E-state index >= 15 is 0 Å². The summed E-state index contributed by atoms with van der Waals surface area (Å²) in [5, 5.41) is 0. The number of methoxy groups -OCH3 is 2. The Morgan fingerprint density at radius 3 is 2.23 bits per heavy atom. The van der Waals surface area contributed by atoms with E-state index in [4.69, 9.17) is 4.74 Å². The molecule has 0 saturated heterocycles. The number of benzene rings is 1. The molecule has 1 rings (SSSR count). The summed E-state index contributed by atoms with van der Waals surface area (Å²) in [6, 6.07) is 7.05. The molecule has 0 spiro atoms. The zero-order valence-corrected chi connectivity index (χ0v) is 15.6. The normalized spacial score (nSPS) is 10.7. The Balaban J connectivity index is 2.90. The molecule has 0 fully saturated rings. The molecule has 0 bridgehead atoms. The molecule has 0 aliphatic carbocycles. The lowest BCUT2D eigenvalue weighted by Gasteiger charge is -2.22. The molecular weight excluding hydrogens is 338 g/mol. The lowest BCUT2D eigenvalue weighted by atomic mass is 10.1. The summed E-state index contributed by atoms with van der Waals surface area (Å²) < 4.78 is 14.4. The molecule has 0 aliphatic rings. The van der Waals surface area contributed by atoms with Gasteiger partial charge in [0.1, 0.15) is 13.1 Å². The topological polar surface area (TPSA) is 82.1 Å². The fourth-order valence-corrected chi connectivity index (χ4v) is 1.97. The monoisotopic (exact) mass is 363 g/mol. The number of anilines is 1. The van der Waals surface area contributed by atoms with Gasteiger partial charge in [-0.1, -0.05) is 26.0 Å². The first-order valence-electron chi connectivity index (χ1n) is 8.19. The Bertz CT molecular complexity index is 635. The second kappa shape index (κ2) is 10.9. The van der Waals surface area contributed by atoms with Crippen molar-refractivity contribution in [2.75, 3.05) is 38.8 Å². The van der Waals surface area contributed by atoms with E-state index in [0.717, 1.165) is 5.56 Å². The highest BCUT2D eigenvalue weighted by Crippen LogP contribution is 2.17. The number of rotatable bonds is 9. The summed E-state index contributed by atoms with van der Waals surface area (Å²) in [4.78, 5) is 36.4. The van der Waals surface area contributed by atoms with Crippen LogP contribution in [0.1, 0.15) is 19.4 Å². The molecule has 1 aromatic rings. The molecule has 26 heavy (non-hydrogen) atoms. The minimum atomic E-state index is -0.480. The highest BCUT2D eigenvalue weighted by Gasteiger charge is 2.16. The maximum atomic E-state index is 11.7. The van der Waals surface area contributed by atoms with Crippen LogP contribution >= 0.6 is 0 Å². The van der Waals surface area contributed by atoms with Gasteiger partial charge in [-0.15, -0.1) is 0 Å². The van der Waals surface area contributed by atoms with Crippen molar-refractivity contribution in [3.05, 3.63) is 35.9 Å². The van der Waals surface area contributed by atoms with E-state index in [1.165, 1.54) is 25.2 Å². The lowest BCUT2D eigenvalue weighted by Crippen LogP contribution is -2.35. The number of hydrogen-bond donors (Lipinski definition) is 0. The van der Waals surface area contributed by atoms with Crippen LogP contribution in [0.15, 0.2) is 30.3 Å². The summed E-state index contributed by atoms with van der Waals surface area (Å²) >= 11 is 0. The first-order valence-corrected chi connectivity index (χ1v) is 8.19. The van der Waals surface area contributed by atoms with E-state index in [2.05, 4.69) is 9.47 Å². The summed E-state index contributed by atoms with van der Waals surface area (Å²) in [7, 11) is 2.56. The molecule has 0 atom stereocenters. The van der Waals surface area contributed by atoms with Crippen molar-refractivity contribution >= 4 is 29.7 Å². The van der Waals surface area contributed by atoms with E-state index in [1.807, 2.05) is 13.8 Å². The Morgan fingerprint density at radius 1 is 1.08 bits per heavy atom. The molecule has 0 unspecified atom stereocenters. The van der Waals surface area contributed by atoms with E-state index in [-0.39, 0.29) is 19.0 Å². The summed E-state index contributed by atoms with van der Waals surface area (Å²) in [5.74, 6) is -1.12. The lowest BCUT2D eigenvalue weighted by molar-refractivity contribution is -0.140. The van der Waals surface area contributed by atoms with Gasteiger partial charge in [-0.25, -0.2) is 4.79 Å². The maximum absolute atomic E-state index is 11.7. The van der Waals surface area contributed by atoms with Crippen molar-refractivity contribution in [3.63, 3.8) is 0 Å². The van der Waals surface area contributed by atoms with E-state index in [0.29, 0.717) is 12.3 Å². The van der Waals surface area contributed by atoms with Crippen molar-refractivity contribution in [1.82, 2.24) is 0 Å². The molecule has 0 aromatic heterocycles. The third-order valence-corrected chi connectivity index (χ3v) is 3.30. The molecular formula is C19H25NO6. The van der Waals surface area contributed by atoms with E-state index < -0.39 is 17.9 Å². The van der Waals surface area contributed by atoms with Crippen LogP contribution in [-0.2, 0) is 28.6 Å². The molecule has 0 amide bonds. The van der Waals surface area contributed by atoms with Crippen molar-refractivity contribution < 1.29 is 28.6 Å². The molecule has 0 aliphatic heterocycles. The molecule has 0 radical (unpaired) electrons. The first kappa shape index (κ1) is 21.2. The average molecular weight is 363 g/mol. The van der Waals surface area contributed by atoms with Gasteiger partial charge in [-0.3, -0.25) is 9.59 Å². The molecule has 0 heterocycles. The van der Waals surface area contributed by atoms with E-state index in [9.17, 15) is 14.4 Å². The summed E-state index contributed by atoms with van der Waals surface area (Å²) in [5.41, 5.74) is 1.35. The Kier molecular flexibility index (Phi) is 8.91. The molecule has 142 valence electrons. The minimum Gasteiger partial charge on any atom is -0.468 e. The zero-order valence-electron chi connectivity index (χ0n) is 15.6. The van der Waals surface area contributed by atoms with Crippen LogP contribution in [-0.4, -0.2) is 51.8 Å². The average Bonchev–Trinajstić information content (AvgIpc) is 2.63.